The van der Waals surface area contributed by atoms with E-state index in [4.69, 9.17) is 0 Å². The number of nitrogens with one attached hydrogen (secondary N) is 1. The van der Waals surface area contributed by atoms with Crippen LogP contribution < -0.4 is 5.32 Å². The van der Waals surface area contributed by atoms with E-state index >= 15 is 0 Å². The number of rotatable bonds is 6. The Morgan fingerprint density at radius 3 is 2.79 bits per heavy atom. The molecule has 2 N–H and O–H groups in total. The SMILES string of the molecule is CN(C(=O)Cc1ccc2c(c1)NC(=O)C2)[C@H](CN1CC[C@H](O)C1)c1ccccc1. The van der Waals surface area contributed by atoms with E-state index in [1.807, 2.05) is 60.5 Å². The van der Waals surface area contributed by atoms with Crippen LogP contribution in [0.25, 0.3) is 0 Å². The summed E-state index contributed by atoms with van der Waals surface area (Å²) >= 11 is 0. The average Bonchev–Trinajstić information content (AvgIpc) is 3.30. The molecule has 1 fully saturated rings. The lowest BCUT2D eigenvalue weighted by molar-refractivity contribution is -0.131. The van der Waals surface area contributed by atoms with Crippen LogP contribution in [0.2, 0.25) is 0 Å². The molecule has 0 aliphatic carbocycles. The van der Waals surface area contributed by atoms with Gasteiger partial charge in [-0.15, -0.1) is 0 Å². The highest BCUT2D eigenvalue weighted by atomic mass is 16.3. The maximum atomic E-state index is 13.1. The minimum Gasteiger partial charge on any atom is -0.392 e. The quantitative estimate of drug-likeness (QED) is 0.787. The Hall–Kier alpha value is -2.70. The molecule has 0 unspecified atom stereocenters. The molecule has 2 aliphatic heterocycles. The number of likely N-dealkylation sites (tertiary alicyclic amines) is 1. The fourth-order valence-corrected chi connectivity index (χ4v) is 4.19. The first-order chi connectivity index (χ1) is 14.0. The van der Waals surface area contributed by atoms with Crippen molar-refractivity contribution in [3.63, 3.8) is 0 Å². The van der Waals surface area contributed by atoms with Crippen LogP contribution in [0.15, 0.2) is 48.5 Å². The predicted molar refractivity (Wildman–Crippen MR) is 111 cm³/mol. The number of carbonyl (C=O) groups is 2. The highest BCUT2D eigenvalue weighted by Gasteiger charge is 2.28. The van der Waals surface area contributed by atoms with Crippen molar-refractivity contribution in [3.05, 3.63) is 65.2 Å². The van der Waals surface area contributed by atoms with Crippen molar-refractivity contribution in [3.8, 4) is 0 Å². The van der Waals surface area contributed by atoms with E-state index in [9.17, 15) is 14.7 Å². The Morgan fingerprint density at radius 1 is 1.28 bits per heavy atom. The molecule has 0 saturated carbocycles. The lowest BCUT2D eigenvalue weighted by Crippen LogP contribution is -2.39. The summed E-state index contributed by atoms with van der Waals surface area (Å²) in [6, 6.07) is 15.7. The second-order valence-electron chi connectivity index (χ2n) is 8.03. The number of benzene rings is 2. The minimum atomic E-state index is -0.283. The average molecular weight is 393 g/mol. The Bertz CT molecular complexity index is 899. The van der Waals surface area contributed by atoms with E-state index in [1.165, 1.54) is 0 Å². The van der Waals surface area contributed by atoms with Gasteiger partial charge in [-0.3, -0.25) is 14.5 Å². The number of nitrogens with zero attached hydrogens (tertiary/aromatic N) is 2. The number of amides is 2. The molecule has 0 spiro atoms. The van der Waals surface area contributed by atoms with Crippen LogP contribution in [0.4, 0.5) is 5.69 Å². The van der Waals surface area contributed by atoms with Gasteiger partial charge in [-0.1, -0.05) is 42.5 Å². The van der Waals surface area contributed by atoms with Crippen LogP contribution in [0.3, 0.4) is 0 Å². The highest BCUT2D eigenvalue weighted by molar-refractivity contribution is 5.99. The van der Waals surface area contributed by atoms with Gasteiger partial charge in [0.15, 0.2) is 0 Å². The Kier molecular flexibility index (Phi) is 5.65. The van der Waals surface area contributed by atoms with Crippen molar-refractivity contribution in [2.24, 2.45) is 0 Å². The topological polar surface area (TPSA) is 72.9 Å². The molecule has 6 nitrogen and oxygen atoms in total. The molecule has 2 atom stereocenters. The Labute approximate surface area is 171 Å². The Morgan fingerprint density at radius 2 is 2.07 bits per heavy atom. The number of β-amino-alcohol motifs (C(OH)–C–C–N with tert-alkyl or cyclic N) is 1. The number of carbonyl (C=O) groups excluding carboxylic acids is 2. The summed E-state index contributed by atoms with van der Waals surface area (Å²) in [6.07, 6.45) is 1.18. The number of hydrogen-bond acceptors (Lipinski definition) is 4. The van der Waals surface area contributed by atoms with Crippen LogP contribution in [0.5, 0.6) is 0 Å². The highest BCUT2D eigenvalue weighted by Crippen LogP contribution is 2.26. The van der Waals surface area contributed by atoms with Gasteiger partial charge in [0.1, 0.15) is 0 Å². The molecular weight excluding hydrogens is 366 g/mol. The second-order valence-corrected chi connectivity index (χ2v) is 8.03. The second kappa shape index (κ2) is 8.35. The third kappa shape index (κ3) is 4.49. The van der Waals surface area contributed by atoms with E-state index < -0.39 is 0 Å². The van der Waals surface area contributed by atoms with Crippen molar-refractivity contribution < 1.29 is 14.7 Å². The number of hydrogen-bond donors (Lipinski definition) is 2. The van der Waals surface area contributed by atoms with Gasteiger partial charge in [0.2, 0.25) is 11.8 Å². The van der Waals surface area contributed by atoms with Crippen molar-refractivity contribution in [1.29, 1.82) is 0 Å². The lowest BCUT2D eigenvalue weighted by atomic mass is 10.0. The van der Waals surface area contributed by atoms with E-state index in [0.29, 0.717) is 19.5 Å². The molecule has 6 heteroatoms. The lowest BCUT2D eigenvalue weighted by Gasteiger charge is -2.32. The summed E-state index contributed by atoms with van der Waals surface area (Å²) < 4.78 is 0. The zero-order valence-corrected chi connectivity index (χ0v) is 16.7. The van der Waals surface area contributed by atoms with Crippen molar-refractivity contribution >= 4 is 17.5 Å². The molecular formula is C23H27N3O3. The van der Waals surface area contributed by atoms with E-state index in [-0.39, 0.29) is 30.4 Å². The van der Waals surface area contributed by atoms with Gasteiger partial charge in [0, 0.05) is 32.4 Å². The molecule has 152 valence electrons. The number of aliphatic hydroxyl groups is 1. The smallest absolute Gasteiger partial charge is 0.228 e. The number of fused-ring (bicyclic) bond motifs is 1. The first-order valence-electron chi connectivity index (χ1n) is 10.1. The summed E-state index contributed by atoms with van der Waals surface area (Å²) in [5, 5.41) is 12.7. The minimum absolute atomic E-state index is 0.00228. The molecule has 0 bridgehead atoms. The van der Waals surface area contributed by atoms with E-state index in [1.54, 1.807) is 0 Å². The molecule has 0 aromatic heterocycles. The molecule has 2 aliphatic rings. The number of likely N-dealkylation sites (N-methyl/N-ethyl adjacent to an activating group) is 1. The molecule has 4 rings (SSSR count). The summed E-state index contributed by atoms with van der Waals surface area (Å²) in [6.45, 7) is 2.19. The molecule has 2 aromatic carbocycles. The largest absolute Gasteiger partial charge is 0.392 e. The van der Waals surface area contributed by atoms with Gasteiger partial charge in [0.25, 0.3) is 0 Å². The molecule has 2 aromatic rings. The normalized spacial score (nSPS) is 19.7. The fraction of sp³-hybridized carbons (Fsp3) is 0.391. The van der Waals surface area contributed by atoms with Crippen LogP contribution >= 0.6 is 0 Å². The molecule has 2 heterocycles. The summed E-state index contributed by atoms with van der Waals surface area (Å²) in [5.74, 6) is 0.0282. The van der Waals surface area contributed by atoms with Gasteiger partial charge in [-0.2, -0.15) is 0 Å². The first kappa shape index (κ1) is 19.6. The zero-order valence-electron chi connectivity index (χ0n) is 16.7. The van der Waals surface area contributed by atoms with Gasteiger partial charge < -0.3 is 15.3 Å². The van der Waals surface area contributed by atoms with Crippen LogP contribution in [-0.2, 0) is 22.4 Å². The monoisotopic (exact) mass is 393 g/mol. The maximum absolute atomic E-state index is 13.1. The standard InChI is InChI=1S/C23H27N3O3/c1-25(23(29)12-16-7-8-18-13-22(28)24-20(18)11-16)21(17-5-3-2-4-6-17)15-26-10-9-19(27)14-26/h2-8,11,19,21,27H,9-10,12-15H2,1H3,(H,24,28)/t19-,21+/m0/s1. The predicted octanol–water partition coefficient (Wildman–Crippen LogP) is 1.99. The fourth-order valence-electron chi connectivity index (χ4n) is 4.19. The summed E-state index contributed by atoms with van der Waals surface area (Å²) in [4.78, 5) is 28.7. The van der Waals surface area contributed by atoms with Crippen LogP contribution in [0, 0.1) is 0 Å². The third-order valence-electron chi connectivity index (χ3n) is 5.88. The van der Waals surface area contributed by atoms with Crippen LogP contribution in [0.1, 0.15) is 29.2 Å². The summed E-state index contributed by atoms with van der Waals surface area (Å²) in [7, 11) is 1.85. The zero-order chi connectivity index (χ0) is 20.4. The van der Waals surface area contributed by atoms with Crippen molar-refractivity contribution in [2.45, 2.75) is 31.4 Å². The van der Waals surface area contributed by atoms with Crippen LogP contribution in [-0.4, -0.2) is 59.5 Å². The summed E-state index contributed by atoms with van der Waals surface area (Å²) in [5.41, 5.74) is 3.78. The third-order valence-corrected chi connectivity index (χ3v) is 5.88. The van der Waals surface area contributed by atoms with Crippen molar-refractivity contribution in [1.82, 2.24) is 9.80 Å². The number of anilines is 1. The van der Waals surface area contributed by atoms with Gasteiger partial charge in [-0.25, -0.2) is 0 Å². The first-order valence-corrected chi connectivity index (χ1v) is 10.1. The van der Waals surface area contributed by atoms with E-state index in [0.717, 1.165) is 35.3 Å². The molecule has 29 heavy (non-hydrogen) atoms. The van der Waals surface area contributed by atoms with Crippen molar-refractivity contribution in [2.75, 3.05) is 32.0 Å². The van der Waals surface area contributed by atoms with Gasteiger partial charge in [0.05, 0.1) is 25.0 Å². The van der Waals surface area contributed by atoms with Gasteiger partial charge >= 0.3 is 0 Å². The maximum Gasteiger partial charge on any atom is 0.228 e. The molecule has 2 amide bonds. The van der Waals surface area contributed by atoms with E-state index in [2.05, 4.69) is 10.2 Å². The Balaban J connectivity index is 1.49. The van der Waals surface area contributed by atoms with Gasteiger partial charge in [-0.05, 0) is 29.2 Å². The molecule has 1 saturated heterocycles. The molecule has 0 radical (unpaired) electrons. The number of aliphatic hydroxyl groups excluding tert-OH is 1.